The van der Waals surface area contributed by atoms with Crippen LogP contribution in [0.1, 0.15) is 6.42 Å². The Kier molecular flexibility index (Phi) is 3.08. The van der Waals surface area contributed by atoms with Crippen LogP contribution in [0.2, 0.25) is 0 Å². The van der Waals surface area contributed by atoms with Crippen molar-refractivity contribution in [3.8, 4) is 0 Å². The Hall–Kier alpha value is -1.24. The molecule has 0 radical (unpaired) electrons. The van der Waals surface area contributed by atoms with Crippen LogP contribution >= 0.6 is 0 Å². The number of rotatable bonds is 4. The SMILES string of the molecule is [NH3+][C@@H](CC(F)(F)C(=O)[O-])C(=O)[O-]. The molecule has 0 aromatic carbocycles. The highest BCUT2D eigenvalue weighted by Gasteiger charge is 2.35. The lowest BCUT2D eigenvalue weighted by atomic mass is 10.1. The molecule has 3 N–H and O–H groups in total. The lowest BCUT2D eigenvalue weighted by Gasteiger charge is -2.19. The third-order valence-electron chi connectivity index (χ3n) is 1.13. The Morgan fingerprint density at radius 3 is 2.08 bits per heavy atom. The number of carbonyl (C=O) groups excluding carboxylic acids is 2. The largest absolute Gasteiger partial charge is 0.544 e. The summed E-state index contributed by atoms with van der Waals surface area (Å²) in [5, 5.41) is 19.6. The fraction of sp³-hybridized carbons (Fsp3) is 0.600. The lowest BCUT2D eigenvalue weighted by Crippen LogP contribution is -2.70. The average molecular weight is 182 g/mol. The summed E-state index contributed by atoms with van der Waals surface area (Å²) in [5.41, 5.74) is 2.77. The molecular formula is C5H6F2NO4-. The lowest BCUT2D eigenvalue weighted by molar-refractivity contribution is -0.445. The van der Waals surface area contributed by atoms with Crippen molar-refractivity contribution in [1.29, 1.82) is 0 Å². The van der Waals surface area contributed by atoms with E-state index in [1.165, 1.54) is 0 Å². The molecule has 0 aliphatic heterocycles. The molecule has 0 saturated heterocycles. The van der Waals surface area contributed by atoms with Crippen LogP contribution in [-0.4, -0.2) is 23.9 Å². The van der Waals surface area contributed by atoms with Crippen LogP contribution in [0.15, 0.2) is 0 Å². The first kappa shape index (κ1) is 10.8. The van der Waals surface area contributed by atoms with Crippen LogP contribution in [0.3, 0.4) is 0 Å². The number of carboxylic acids is 2. The summed E-state index contributed by atoms with van der Waals surface area (Å²) in [6, 6.07) is -1.77. The van der Waals surface area contributed by atoms with Gasteiger partial charge in [-0.25, -0.2) is 0 Å². The smallest absolute Gasteiger partial charge is 0.293 e. The summed E-state index contributed by atoms with van der Waals surface area (Å²) in [6.45, 7) is 0. The number of aliphatic carboxylic acids is 2. The van der Waals surface area contributed by atoms with E-state index in [2.05, 4.69) is 5.73 Å². The molecule has 0 amide bonds. The van der Waals surface area contributed by atoms with Gasteiger partial charge >= 0.3 is 0 Å². The van der Waals surface area contributed by atoms with E-state index in [0.29, 0.717) is 0 Å². The topological polar surface area (TPSA) is 108 Å². The molecule has 0 unspecified atom stereocenters. The van der Waals surface area contributed by atoms with Gasteiger partial charge in [0, 0.05) is 0 Å². The van der Waals surface area contributed by atoms with Gasteiger partial charge in [-0.3, -0.25) is 0 Å². The van der Waals surface area contributed by atoms with E-state index in [9.17, 15) is 28.6 Å². The van der Waals surface area contributed by atoms with Crippen LogP contribution in [0, 0.1) is 0 Å². The van der Waals surface area contributed by atoms with Gasteiger partial charge in [-0.05, 0) is 0 Å². The van der Waals surface area contributed by atoms with E-state index >= 15 is 0 Å². The van der Waals surface area contributed by atoms with Crippen LogP contribution < -0.4 is 15.9 Å². The Morgan fingerprint density at radius 2 is 1.83 bits per heavy atom. The fourth-order valence-electron chi connectivity index (χ4n) is 0.476. The summed E-state index contributed by atoms with van der Waals surface area (Å²) in [5.74, 6) is -8.61. The number of carbonyl (C=O) groups is 2. The predicted octanol–water partition coefficient (Wildman–Crippen LogP) is -3.88. The standard InChI is InChI=1S/C5H7F2NO4/c6-5(7,4(11)12)1-2(8)3(9)10/h2H,1,8H2,(H,9,10)(H,11,12)/p-1/t2-/m0/s1. The van der Waals surface area contributed by atoms with E-state index in [-0.39, 0.29) is 0 Å². The Bertz CT molecular complexity index is 206. The molecular weight excluding hydrogens is 176 g/mol. The number of carboxylic acid groups (broad SMARTS) is 2. The van der Waals surface area contributed by atoms with Crippen molar-refractivity contribution in [3.05, 3.63) is 0 Å². The maximum atomic E-state index is 12.2. The maximum Gasteiger partial charge on any atom is 0.293 e. The molecule has 0 aliphatic rings. The van der Waals surface area contributed by atoms with Crippen LogP contribution in [-0.2, 0) is 9.59 Å². The van der Waals surface area contributed by atoms with E-state index in [1.807, 2.05) is 0 Å². The Morgan fingerprint density at radius 1 is 1.42 bits per heavy atom. The molecule has 5 nitrogen and oxygen atoms in total. The van der Waals surface area contributed by atoms with Crippen molar-refractivity contribution in [2.45, 2.75) is 18.4 Å². The zero-order chi connectivity index (χ0) is 9.94. The van der Waals surface area contributed by atoms with Gasteiger partial charge in [0.25, 0.3) is 5.92 Å². The highest BCUT2D eigenvalue weighted by Crippen LogP contribution is 2.17. The quantitative estimate of drug-likeness (QED) is 0.479. The second kappa shape index (κ2) is 3.44. The van der Waals surface area contributed by atoms with Gasteiger partial charge in [0.1, 0.15) is 12.0 Å². The zero-order valence-electron chi connectivity index (χ0n) is 5.88. The van der Waals surface area contributed by atoms with Gasteiger partial charge in [-0.15, -0.1) is 0 Å². The van der Waals surface area contributed by atoms with Gasteiger partial charge < -0.3 is 25.5 Å². The van der Waals surface area contributed by atoms with Gasteiger partial charge in [-0.2, -0.15) is 8.78 Å². The molecule has 0 aromatic rings. The Balaban J connectivity index is 4.24. The molecule has 0 rings (SSSR count). The monoisotopic (exact) mass is 182 g/mol. The molecule has 0 aliphatic carbocycles. The fourth-order valence-corrected chi connectivity index (χ4v) is 0.476. The third-order valence-corrected chi connectivity index (χ3v) is 1.13. The van der Waals surface area contributed by atoms with Crippen molar-refractivity contribution < 1.29 is 34.3 Å². The second-order valence-electron chi connectivity index (χ2n) is 2.21. The highest BCUT2D eigenvalue weighted by molar-refractivity contribution is 5.75. The van der Waals surface area contributed by atoms with Crippen molar-refractivity contribution in [2.24, 2.45) is 0 Å². The van der Waals surface area contributed by atoms with E-state index < -0.39 is 30.3 Å². The first-order valence-electron chi connectivity index (χ1n) is 2.90. The van der Waals surface area contributed by atoms with E-state index in [0.717, 1.165) is 0 Å². The summed E-state index contributed by atoms with van der Waals surface area (Å²) in [6.07, 6.45) is -1.42. The second-order valence-corrected chi connectivity index (χ2v) is 2.21. The molecule has 0 fully saturated rings. The number of hydrogen-bond acceptors (Lipinski definition) is 4. The summed E-state index contributed by atoms with van der Waals surface area (Å²) < 4.78 is 24.3. The molecule has 0 heterocycles. The highest BCUT2D eigenvalue weighted by atomic mass is 19.3. The minimum atomic E-state index is -4.17. The van der Waals surface area contributed by atoms with Gasteiger partial charge in [-0.1, -0.05) is 0 Å². The molecule has 0 aromatic heterocycles. The van der Waals surface area contributed by atoms with Crippen LogP contribution in [0.5, 0.6) is 0 Å². The number of hydrogen-bond donors (Lipinski definition) is 1. The third kappa shape index (κ3) is 2.79. The molecule has 0 spiro atoms. The van der Waals surface area contributed by atoms with Crippen molar-refractivity contribution in [2.75, 3.05) is 0 Å². The normalized spacial score (nSPS) is 13.9. The first-order chi connectivity index (χ1) is 5.27. The number of alkyl halides is 2. The van der Waals surface area contributed by atoms with E-state index in [4.69, 9.17) is 0 Å². The molecule has 0 saturated carbocycles. The van der Waals surface area contributed by atoms with E-state index in [1.54, 1.807) is 0 Å². The minimum Gasteiger partial charge on any atom is -0.544 e. The molecule has 1 atom stereocenters. The van der Waals surface area contributed by atoms with Gasteiger partial charge in [0.2, 0.25) is 0 Å². The molecule has 7 heteroatoms. The maximum absolute atomic E-state index is 12.2. The first-order valence-corrected chi connectivity index (χ1v) is 2.90. The van der Waals surface area contributed by atoms with Crippen LogP contribution in [0.4, 0.5) is 8.78 Å². The minimum absolute atomic E-state index is 1.42. The summed E-state index contributed by atoms with van der Waals surface area (Å²) >= 11 is 0. The van der Waals surface area contributed by atoms with Crippen molar-refractivity contribution >= 4 is 11.9 Å². The average Bonchev–Trinajstić information content (AvgIpc) is 1.85. The predicted molar refractivity (Wildman–Crippen MR) is 26.3 cm³/mol. The zero-order valence-corrected chi connectivity index (χ0v) is 5.88. The molecule has 12 heavy (non-hydrogen) atoms. The Labute approximate surface area is 65.8 Å². The van der Waals surface area contributed by atoms with Crippen LogP contribution in [0.25, 0.3) is 0 Å². The van der Waals surface area contributed by atoms with Crippen molar-refractivity contribution in [1.82, 2.24) is 0 Å². The number of quaternary nitrogens is 1. The summed E-state index contributed by atoms with van der Waals surface area (Å²) in [4.78, 5) is 19.6. The van der Waals surface area contributed by atoms with Gasteiger partial charge in [0.05, 0.1) is 12.4 Å². The summed E-state index contributed by atoms with van der Waals surface area (Å²) in [7, 11) is 0. The van der Waals surface area contributed by atoms with Crippen molar-refractivity contribution in [3.63, 3.8) is 0 Å². The molecule has 0 bridgehead atoms. The molecule has 70 valence electrons. The number of halogens is 2. The van der Waals surface area contributed by atoms with Gasteiger partial charge in [0.15, 0.2) is 0 Å².